The molecule has 0 aliphatic carbocycles. The summed E-state index contributed by atoms with van der Waals surface area (Å²) in [5.41, 5.74) is 1.82. The minimum atomic E-state index is -0.292. The Morgan fingerprint density at radius 3 is 2.43 bits per heavy atom. The summed E-state index contributed by atoms with van der Waals surface area (Å²) in [5.74, 6) is 0.428. The fourth-order valence-electron chi connectivity index (χ4n) is 2.20. The first kappa shape index (κ1) is 15.6. The van der Waals surface area contributed by atoms with Gasteiger partial charge in [0.05, 0.1) is 0 Å². The molecule has 0 saturated carbocycles. The van der Waals surface area contributed by atoms with E-state index in [-0.39, 0.29) is 17.0 Å². The largest absolute Gasteiger partial charge is 0.284 e. The summed E-state index contributed by atoms with van der Waals surface area (Å²) >= 11 is 11.8. The maximum absolute atomic E-state index is 12.6. The normalized spacial score (nSPS) is 16.2. The number of hydrogen-bond donors (Lipinski definition) is 0. The maximum Gasteiger partial charge on any atom is 0.284 e. The SMILES string of the molecule is CC1=N/C(=C/c2ccc(Cl)cc2)C(=O)N1c1nc(C)cc(Cl)n1. The number of halogens is 2. The lowest BCUT2D eigenvalue weighted by atomic mass is 10.2. The van der Waals surface area contributed by atoms with E-state index in [1.165, 1.54) is 4.90 Å². The Morgan fingerprint density at radius 1 is 1.09 bits per heavy atom. The number of aryl methyl sites for hydroxylation is 1. The zero-order valence-electron chi connectivity index (χ0n) is 12.4. The van der Waals surface area contributed by atoms with E-state index >= 15 is 0 Å². The van der Waals surface area contributed by atoms with Crippen molar-refractivity contribution in [2.24, 2.45) is 4.99 Å². The number of carbonyl (C=O) groups is 1. The molecule has 7 heteroatoms. The van der Waals surface area contributed by atoms with Gasteiger partial charge in [0.2, 0.25) is 5.95 Å². The standard InChI is InChI=1S/C16H12Cl2N4O/c1-9-7-14(18)21-16(19-9)22-10(2)20-13(15(22)23)8-11-3-5-12(17)6-4-11/h3-8H,1-2H3/b13-8+. The predicted octanol–water partition coefficient (Wildman–Crippen LogP) is 3.90. The van der Waals surface area contributed by atoms with Gasteiger partial charge in [-0.15, -0.1) is 0 Å². The number of carbonyl (C=O) groups excluding carboxylic acids is 1. The summed E-state index contributed by atoms with van der Waals surface area (Å²) in [5, 5.41) is 0.914. The van der Waals surface area contributed by atoms with Gasteiger partial charge in [0.15, 0.2) is 0 Å². The van der Waals surface area contributed by atoms with Crippen molar-refractivity contribution in [2.75, 3.05) is 4.90 Å². The molecule has 116 valence electrons. The molecular weight excluding hydrogens is 335 g/mol. The molecule has 0 radical (unpaired) electrons. The Hall–Kier alpha value is -2.24. The second-order valence-electron chi connectivity index (χ2n) is 5.01. The smallest absolute Gasteiger partial charge is 0.266 e. The maximum atomic E-state index is 12.6. The van der Waals surface area contributed by atoms with E-state index in [1.54, 1.807) is 38.1 Å². The number of nitrogens with zero attached hydrogens (tertiary/aromatic N) is 4. The van der Waals surface area contributed by atoms with E-state index < -0.39 is 0 Å². The second kappa shape index (κ2) is 6.10. The molecule has 3 rings (SSSR count). The predicted molar refractivity (Wildman–Crippen MR) is 91.8 cm³/mol. The summed E-state index contributed by atoms with van der Waals surface area (Å²) in [6, 6.07) is 8.77. The molecule has 2 heterocycles. The summed E-state index contributed by atoms with van der Waals surface area (Å²) in [7, 11) is 0. The van der Waals surface area contributed by atoms with Gasteiger partial charge < -0.3 is 0 Å². The van der Waals surface area contributed by atoms with Gasteiger partial charge in [-0.2, -0.15) is 0 Å². The van der Waals surface area contributed by atoms with Crippen LogP contribution in [0.5, 0.6) is 0 Å². The van der Waals surface area contributed by atoms with E-state index in [0.717, 1.165) is 5.56 Å². The number of aromatic nitrogens is 2. The van der Waals surface area contributed by atoms with Crippen LogP contribution in [0.25, 0.3) is 6.08 Å². The van der Waals surface area contributed by atoms with Crippen LogP contribution in [0.1, 0.15) is 18.2 Å². The monoisotopic (exact) mass is 346 g/mol. The lowest BCUT2D eigenvalue weighted by Crippen LogP contribution is -2.32. The van der Waals surface area contributed by atoms with Crippen molar-refractivity contribution in [3.63, 3.8) is 0 Å². The number of rotatable bonds is 2. The third kappa shape index (κ3) is 3.25. The highest BCUT2D eigenvalue weighted by molar-refractivity contribution is 6.31. The number of hydrogen-bond acceptors (Lipinski definition) is 4. The average molecular weight is 347 g/mol. The van der Waals surface area contributed by atoms with Crippen molar-refractivity contribution in [3.05, 3.63) is 57.5 Å². The molecule has 1 aromatic heterocycles. The molecule has 0 N–H and O–H groups in total. The average Bonchev–Trinajstić information content (AvgIpc) is 2.75. The fourth-order valence-corrected chi connectivity index (χ4v) is 2.55. The van der Waals surface area contributed by atoms with Crippen LogP contribution in [0, 0.1) is 6.92 Å². The topological polar surface area (TPSA) is 58.5 Å². The number of benzene rings is 1. The molecule has 0 atom stereocenters. The molecule has 0 spiro atoms. The van der Waals surface area contributed by atoms with Crippen LogP contribution >= 0.6 is 23.2 Å². The van der Waals surface area contributed by atoms with Gasteiger partial charge in [0.25, 0.3) is 5.91 Å². The first-order valence-electron chi connectivity index (χ1n) is 6.82. The van der Waals surface area contributed by atoms with E-state index in [4.69, 9.17) is 23.2 Å². The van der Waals surface area contributed by atoms with Crippen molar-refractivity contribution >= 4 is 47.0 Å². The first-order valence-corrected chi connectivity index (χ1v) is 7.58. The summed E-state index contributed by atoms with van der Waals surface area (Å²) in [6.45, 7) is 3.51. The Kier molecular flexibility index (Phi) is 4.15. The third-order valence-corrected chi connectivity index (χ3v) is 3.66. The minimum absolute atomic E-state index is 0.223. The van der Waals surface area contributed by atoms with Crippen molar-refractivity contribution < 1.29 is 4.79 Å². The lowest BCUT2D eigenvalue weighted by Gasteiger charge is -2.14. The van der Waals surface area contributed by atoms with Gasteiger partial charge in [0, 0.05) is 10.7 Å². The molecule has 0 saturated heterocycles. The van der Waals surface area contributed by atoms with Crippen LogP contribution in [0.15, 0.2) is 41.0 Å². The van der Waals surface area contributed by atoms with Gasteiger partial charge in [-0.3, -0.25) is 4.79 Å². The highest BCUT2D eigenvalue weighted by atomic mass is 35.5. The molecule has 1 aliphatic heterocycles. The van der Waals surface area contributed by atoms with E-state index in [9.17, 15) is 4.79 Å². The van der Waals surface area contributed by atoms with Gasteiger partial charge in [-0.25, -0.2) is 19.9 Å². The molecule has 1 aromatic carbocycles. The lowest BCUT2D eigenvalue weighted by molar-refractivity contribution is -0.113. The van der Waals surface area contributed by atoms with Gasteiger partial charge in [0.1, 0.15) is 16.7 Å². The van der Waals surface area contributed by atoms with Crippen LogP contribution in [0.3, 0.4) is 0 Å². The number of aliphatic imine (C=N–C) groups is 1. The van der Waals surface area contributed by atoms with Gasteiger partial charge >= 0.3 is 0 Å². The van der Waals surface area contributed by atoms with E-state index in [0.29, 0.717) is 22.2 Å². The van der Waals surface area contributed by atoms with Gasteiger partial charge in [-0.1, -0.05) is 35.3 Å². The summed E-state index contributed by atoms with van der Waals surface area (Å²) < 4.78 is 0. The highest BCUT2D eigenvalue weighted by Gasteiger charge is 2.31. The second-order valence-corrected chi connectivity index (χ2v) is 5.84. The molecule has 2 aromatic rings. The molecule has 0 bridgehead atoms. The van der Waals surface area contributed by atoms with Crippen molar-refractivity contribution in [3.8, 4) is 0 Å². The third-order valence-electron chi connectivity index (χ3n) is 3.21. The van der Waals surface area contributed by atoms with Crippen molar-refractivity contribution in [1.29, 1.82) is 0 Å². The Labute approximate surface area is 143 Å². The van der Waals surface area contributed by atoms with Crippen LogP contribution in [-0.4, -0.2) is 21.7 Å². The minimum Gasteiger partial charge on any atom is -0.266 e. The Morgan fingerprint density at radius 2 is 1.78 bits per heavy atom. The van der Waals surface area contributed by atoms with Crippen LogP contribution < -0.4 is 4.90 Å². The Balaban J connectivity index is 1.96. The van der Waals surface area contributed by atoms with Crippen LogP contribution in [0.2, 0.25) is 10.2 Å². The summed E-state index contributed by atoms with van der Waals surface area (Å²) in [6.07, 6.45) is 1.69. The number of anilines is 1. The molecule has 0 unspecified atom stereocenters. The molecule has 1 amide bonds. The molecule has 23 heavy (non-hydrogen) atoms. The van der Waals surface area contributed by atoms with Crippen molar-refractivity contribution in [2.45, 2.75) is 13.8 Å². The fraction of sp³-hybridized carbons (Fsp3) is 0.125. The zero-order chi connectivity index (χ0) is 16.6. The summed E-state index contributed by atoms with van der Waals surface area (Å²) in [4.78, 5) is 26.6. The van der Waals surface area contributed by atoms with Gasteiger partial charge in [-0.05, 0) is 43.7 Å². The number of amidine groups is 1. The van der Waals surface area contributed by atoms with Crippen LogP contribution in [0.4, 0.5) is 5.95 Å². The van der Waals surface area contributed by atoms with E-state index in [1.807, 2.05) is 12.1 Å². The molecule has 5 nitrogen and oxygen atoms in total. The Bertz CT molecular complexity index is 823. The quantitative estimate of drug-likeness (QED) is 0.612. The number of amides is 1. The molecular formula is C16H12Cl2N4O. The first-order chi connectivity index (χ1) is 10.9. The zero-order valence-corrected chi connectivity index (χ0v) is 13.9. The molecule has 0 fully saturated rings. The molecule has 1 aliphatic rings. The van der Waals surface area contributed by atoms with Crippen molar-refractivity contribution in [1.82, 2.24) is 9.97 Å². The van der Waals surface area contributed by atoms with Crippen LogP contribution in [-0.2, 0) is 4.79 Å². The van der Waals surface area contributed by atoms with E-state index in [2.05, 4.69) is 15.0 Å². The highest BCUT2D eigenvalue weighted by Crippen LogP contribution is 2.24.